The monoisotopic (exact) mass is 801 g/mol. The molecule has 6 rings (SSSR count). The van der Waals surface area contributed by atoms with Crippen molar-refractivity contribution in [3.63, 3.8) is 0 Å². The van der Waals surface area contributed by atoms with Gasteiger partial charge >= 0.3 is 18.0 Å². The van der Waals surface area contributed by atoms with Gasteiger partial charge in [-0.3, -0.25) is 14.2 Å². The maximum absolute atomic E-state index is 14.7. The normalized spacial score (nSPS) is 18.7. The Morgan fingerprint density at radius 3 is 2.00 bits per heavy atom. The van der Waals surface area contributed by atoms with Gasteiger partial charge in [0.05, 0.1) is 40.0 Å². The van der Waals surface area contributed by atoms with E-state index in [-0.39, 0.29) is 28.6 Å². The molecule has 0 amide bonds. The fourth-order valence-electron chi connectivity index (χ4n) is 6.65. The van der Waals surface area contributed by atoms with Crippen molar-refractivity contribution in [1.82, 2.24) is 19.5 Å². The zero-order chi connectivity index (χ0) is 41.1. The number of carbonyl (C=O) groups is 2. The molecule has 14 nitrogen and oxygen atoms in total. The molecule has 0 aliphatic carbocycles. The molecular formula is C41H48FN5O9Si. The summed E-state index contributed by atoms with van der Waals surface area (Å²) in [5.74, 6) is -0.806. The van der Waals surface area contributed by atoms with Crippen molar-refractivity contribution < 1.29 is 47.2 Å². The SMILES string of the molecule is COc1ccc(C(OC[C@H]2O[C@@H](n3cnc4c(N)nc(F)nc43)C(O[Si](C)(C)C(C)(C)C)C2OC(=O)CCC(=O)O)(c2ccccc2)c2ccc(OC)cc2)cc1. The number of nitrogens with two attached hydrogens (primary N) is 1. The number of anilines is 1. The molecule has 1 aliphatic rings. The van der Waals surface area contributed by atoms with Gasteiger partial charge in [0.1, 0.15) is 29.3 Å². The molecule has 2 aromatic heterocycles. The van der Waals surface area contributed by atoms with Crippen molar-refractivity contribution in [3.05, 3.63) is 108 Å². The lowest BCUT2D eigenvalue weighted by molar-refractivity contribution is -0.160. The molecule has 3 N–H and O–H groups in total. The quantitative estimate of drug-likeness (QED) is 0.0499. The number of carboxylic acid groups (broad SMARTS) is 1. The Bertz CT molecular complexity index is 2130. The first-order valence-electron chi connectivity index (χ1n) is 18.5. The van der Waals surface area contributed by atoms with Gasteiger partial charge in [-0.2, -0.15) is 14.4 Å². The molecule has 57 heavy (non-hydrogen) atoms. The van der Waals surface area contributed by atoms with Crippen molar-refractivity contribution in [2.45, 2.75) is 81.9 Å². The maximum Gasteiger partial charge on any atom is 0.312 e. The van der Waals surface area contributed by atoms with Gasteiger partial charge in [-0.15, -0.1) is 0 Å². The molecule has 0 saturated carbocycles. The number of aromatic nitrogens is 4. The van der Waals surface area contributed by atoms with E-state index >= 15 is 0 Å². The molecule has 0 bridgehead atoms. The average Bonchev–Trinajstić information content (AvgIpc) is 3.75. The number of ether oxygens (including phenoxy) is 5. The minimum Gasteiger partial charge on any atom is -0.497 e. The number of halogens is 1. The largest absolute Gasteiger partial charge is 0.497 e. The van der Waals surface area contributed by atoms with E-state index in [9.17, 15) is 19.1 Å². The van der Waals surface area contributed by atoms with Crippen molar-refractivity contribution in [2.24, 2.45) is 0 Å². The lowest BCUT2D eigenvalue weighted by Gasteiger charge is -2.40. The van der Waals surface area contributed by atoms with E-state index < -0.39 is 69.3 Å². The van der Waals surface area contributed by atoms with Gasteiger partial charge in [0.25, 0.3) is 0 Å². The molecule has 3 aromatic carbocycles. The van der Waals surface area contributed by atoms with Crippen LogP contribution in [-0.4, -0.2) is 84.0 Å². The number of hydrogen-bond donors (Lipinski definition) is 2. The van der Waals surface area contributed by atoms with Crippen molar-refractivity contribution in [2.75, 3.05) is 26.6 Å². The summed E-state index contributed by atoms with van der Waals surface area (Å²) in [6.45, 7) is 10.1. The molecule has 0 radical (unpaired) electrons. The molecule has 1 fully saturated rings. The average molecular weight is 802 g/mol. The van der Waals surface area contributed by atoms with Crippen LogP contribution in [0.15, 0.2) is 85.2 Å². The Balaban J connectivity index is 1.51. The van der Waals surface area contributed by atoms with Gasteiger partial charge < -0.3 is 39.0 Å². The summed E-state index contributed by atoms with van der Waals surface area (Å²) in [5.41, 5.74) is 7.24. The molecule has 16 heteroatoms. The zero-order valence-electron chi connectivity index (χ0n) is 33.0. The number of esters is 1. The summed E-state index contributed by atoms with van der Waals surface area (Å²) in [6.07, 6.45) is -4.78. The second-order valence-corrected chi connectivity index (χ2v) is 20.0. The Labute approximate surface area is 331 Å². The number of hydrogen-bond acceptors (Lipinski definition) is 12. The van der Waals surface area contributed by atoms with E-state index in [1.165, 1.54) is 10.9 Å². The van der Waals surface area contributed by atoms with Gasteiger partial charge in [-0.05, 0) is 59.1 Å². The number of nitrogens with zero attached hydrogens (tertiary/aromatic N) is 4. The van der Waals surface area contributed by atoms with E-state index in [1.807, 2.05) is 92.0 Å². The molecule has 3 heterocycles. The number of aliphatic carboxylic acids is 1. The van der Waals surface area contributed by atoms with Gasteiger partial charge in [-0.1, -0.05) is 75.4 Å². The summed E-state index contributed by atoms with van der Waals surface area (Å²) in [6, 6.07) is 24.7. The number of methoxy groups -OCH3 is 2. The topological polar surface area (TPSA) is 179 Å². The van der Waals surface area contributed by atoms with Crippen molar-refractivity contribution in [1.29, 1.82) is 0 Å². The van der Waals surface area contributed by atoms with Crippen molar-refractivity contribution >= 4 is 37.2 Å². The van der Waals surface area contributed by atoms with Crippen LogP contribution < -0.4 is 15.2 Å². The molecule has 302 valence electrons. The van der Waals surface area contributed by atoms with Gasteiger partial charge in [0.2, 0.25) is 0 Å². The molecule has 0 spiro atoms. The second-order valence-electron chi connectivity index (χ2n) is 15.3. The molecule has 2 unspecified atom stereocenters. The first-order valence-corrected chi connectivity index (χ1v) is 21.4. The smallest absolute Gasteiger partial charge is 0.312 e. The number of benzene rings is 3. The molecule has 1 aliphatic heterocycles. The minimum atomic E-state index is -2.70. The first-order chi connectivity index (χ1) is 27.1. The minimum absolute atomic E-state index is 0.0430. The van der Waals surface area contributed by atoms with Crippen LogP contribution in [0.5, 0.6) is 11.5 Å². The molecule has 5 aromatic rings. The van der Waals surface area contributed by atoms with Crippen LogP contribution >= 0.6 is 0 Å². The van der Waals surface area contributed by atoms with Gasteiger partial charge in [0.15, 0.2) is 37.6 Å². The first kappa shape index (κ1) is 41.2. The third-order valence-corrected chi connectivity index (χ3v) is 15.1. The summed E-state index contributed by atoms with van der Waals surface area (Å²) < 4.78 is 54.4. The third-order valence-electron chi connectivity index (χ3n) is 10.7. The summed E-state index contributed by atoms with van der Waals surface area (Å²) in [4.78, 5) is 37.0. The lowest BCUT2D eigenvalue weighted by Crippen LogP contribution is -2.50. The highest BCUT2D eigenvalue weighted by atomic mass is 28.4. The Kier molecular flexibility index (Phi) is 12.0. The highest BCUT2D eigenvalue weighted by Gasteiger charge is 2.54. The van der Waals surface area contributed by atoms with Crippen LogP contribution in [0.25, 0.3) is 11.2 Å². The Hall–Kier alpha value is -5.42. The highest BCUT2D eigenvalue weighted by Crippen LogP contribution is 2.46. The number of carboxylic acids is 1. The fraction of sp³-hybridized carbons (Fsp3) is 0.390. The Morgan fingerprint density at radius 1 is 0.877 bits per heavy atom. The standard InChI is InChI=1S/C41H48FN5O9Si/c1-40(2,3)57(6,7)56-35-34(55-32(50)22-21-31(48)49)30(54-38(35)47-24-44-33-36(43)45-39(42)46-37(33)47)23-53-41(25-11-9-8-10-12-25,26-13-17-28(51-4)18-14-26)27-15-19-29(52-5)20-16-27/h8-20,24,30,34-35,38H,21-23H2,1-7H3,(H,48,49)(H2,43,45,46)/t30-,34?,35?,38-/m1/s1. The van der Waals surface area contributed by atoms with Gasteiger partial charge in [0, 0.05) is 0 Å². The molecule has 1 saturated heterocycles. The second kappa shape index (κ2) is 16.6. The number of imidazole rings is 1. The highest BCUT2D eigenvalue weighted by molar-refractivity contribution is 6.74. The number of rotatable bonds is 15. The van der Waals surface area contributed by atoms with E-state index in [2.05, 4.69) is 35.7 Å². The zero-order valence-corrected chi connectivity index (χ0v) is 34.0. The van der Waals surface area contributed by atoms with E-state index in [0.717, 1.165) is 16.7 Å². The van der Waals surface area contributed by atoms with Crippen molar-refractivity contribution in [3.8, 4) is 11.5 Å². The van der Waals surface area contributed by atoms with Crippen LogP contribution in [0.1, 0.15) is 56.5 Å². The van der Waals surface area contributed by atoms with E-state index in [0.29, 0.717) is 11.5 Å². The van der Waals surface area contributed by atoms with Crippen LogP contribution in [0, 0.1) is 6.08 Å². The fourth-order valence-corrected chi connectivity index (χ4v) is 7.93. The molecular weight excluding hydrogens is 754 g/mol. The lowest BCUT2D eigenvalue weighted by atomic mass is 9.80. The van der Waals surface area contributed by atoms with Gasteiger partial charge in [-0.25, -0.2) is 4.98 Å². The van der Waals surface area contributed by atoms with Crippen LogP contribution in [-0.2, 0) is 33.8 Å². The van der Waals surface area contributed by atoms with Crippen LogP contribution in [0.3, 0.4) is 0 Å². The summed E-state index contributed by atoms with van der Waals surface area (Å²) >= 11 is 0. The number of fused-ring (bicyclic) bond motifs is 1. The summed E-state index contributed by atoms with van der Waals surface area (Å²) in [7, 11) is 0.475. The maximum atomic E-state index is 14.7. The Morgan fingerprint density at radius 2 is 1.46 bits per heavy atom. The predicted octanol–water partition coefficient (Wildman–Crippen LogP) is 6.64. The number of nitrogen functional groups attached to an aromatic ring is 1. The third kappa shape index (κ3) is 8.49. The van der Waals surface area contributed by atoms with Crippen LogP contribution in [0.2, 0.25) is 18.1 Å². The summed E-state index contributed by atoms with van der Waals surface area (Å²) in [5, 5.41) is 9.08. The van der Waals surface area contributed by atoms with E-state index in [4.69, 9.17) is 33.8 Å². The van der Waals surface area contributed by atoms with E-state index in [1.54, 1.807) is 14.2 Å². The molecule has 4 atom stereocenters. The predicted molar refractivity (Wildman–Crippen MR) is 211 cm³/mol. The number of carbonyl (C=O) groups excluding carboxylic acids is 1. The van der Waals surface area contributed by atoms with Crippen LogP contribution in [0.4, 0.5) is 10.2 Å².